The first-order chi connectivity index (χ1) is 7.66. The maximum absolute atomic E-state index is 9.63. The molecular weight excluding hydrogens is 202 g/mol. The number of rotatable bonds is 2. The highest BCUT2D eigenvalue weighted by atomic mass is 16.5. The van der Waals surface area contributed by atoms with E-state index in [9.17, 15) is 5.11 Å². The Hall–Kier alpha value is -2.03. The smallest absolute Gasteiger partial charge is 0.219 e. The summed E-state index contributed by atoms with van der Waals surface area (Å²) in [5.41, 5.74) is 1.59. The summed E-state index contributed by atoms with van der Waals surface area (Å²) in [5.74, 6) is 1.55. The molecule has 0 amide bonds. The molecule has 0 spiro atoms. The number of hydrogen-bond acceptors (Lipinski definition) is 3. The van der Waals surface area contributed by atoms with Crippen molar-refractivity contribution < 1.29 is 9.84 Å². The van der Waals surface area contributed by atoms with Gasteiger partial charge in [0.05, 0.1) is 0 Å². The monoisotopic (exact) mass is 215 g/mol. The summed E-state index contributed by atoms with van der Waals surface area (Å²) < 4.78 is 5.57. The molecule has 82 valence electrons. The summed E-state index contributed by atoms with van der Waals surface area (Å²) in [6.07, 6.45) is 1.68. The van der Waals surface area contributed by atoms with Gasteiger partial charge in [0.2, 0.25) is 5.88 Å². The van der Waals surface area contributed by atoms with Crippen LogP contribution in [0.15, 0.2) is 36.5 Å². The van der Waals surface area contributed by atoms with Crippen molar-refractivity contribution in [2.75, 3.05) is 0 Å². The SMILES string of the molecule is Cc1cc(Oc2ccccn2)cc(C)c1O. The van der Waals surface area contributed by atoms with Gasteiger partial charge in [-0.05, 0) is 43.2 Å². The molecular formula is C13H13NO2. The van der Waals surface area contributed by atoms with Crippen molar-refractivity contribution in [3.05, 3.63) is 47.7 Å². The van der Waals surface area contributed by atoms with Crippen LogP contribution in [0.5, 0.6) is 17.4 Å². The number of phenolic OH excluding ortho intramolecular Hbond substituents is 1. The quantitative estimate of drug-likeness (QED) is 0.836. The molecule has 0 aliphatic carbocycles. The molecule has 1 heterocycles. The Morgan fingerprint density at radius 3 is 2.38 bits per heavy atom. The summed E-state index contributed by atoms with van der Waals surface area (Å²) in [6.45, 7) is 3.68. The van der Waals surface area contributed by atoms with Crippen molar-refractivity contribution in [3.8, 4) is 17.4 Å². The second kappa shape index (κ2) is 4.23. The van der Waals surface area contributed by atoms with Gasteiger partial charge in [-0.25, -0.2) is 4.98 Å². The molecule has 0 unspecified atom stereocenters. The maximum Gasteiger partial charge on any atom is 0.219 e. The van der Waals surface area contributed by atoms with Crippen LogP contribution in [0.4, 0.5) is 0 Å². The number of pyridine rings is 1. The van der Waals surface area contributed by atoms with Gasteiger partial charge in [-0.15, -0.1) is 0 Å². The molecule has 3 nitrogen and oxygen atoms in total. The lowest BCUT2D eigenvalue weighted by Crippen LogP contribution is -1.89. The standard InChI is InChI=1S/C13H13NO2/c1-9-7-11(8-10(2)13(9)15)16-12-5-3-4-6-14-12/h3-8,15H,1-2H3. The fraction of sp³-hybridized carbons (Fsp3) is 0.154. The Morgan fingerprint density at radius 2 is 1.81 bits per heavy atom. The summed E-state index contributed by atoms with van der Waals surface area (Å²) >= 11 is 0. The molecule has 2 rings (SSSR count). The van der Waals surface area contributed by atoms with Gasteiger partial charge in [-0.2, -0.15) is 0 Å². The van der Waals surface area contributed by atoms with Crippen molar-refractivity contribution in [1.29, 1.82) is 0 Å². The maximum atomic E-state index is 9.63. The first-order valence-corrected chi connectivity index (χ1v) is 5.06. The van der Waals surface area contributed by atoms with E-state index in [-0.39, 0.29) is 0 Å². The fourth-order valence-electron chi connectivity index (χ4n) is 1.50. The van der Waals surface area contributed by atoms with E-state index in [1.165, 1.54) is 0 Å². The number of ether oxygens (including phenoxy) is 1. The highest BCUT2D eigenvalue weighted by molar-refractivity contribution is 5.45. The minimum Gasteiger partial charge on any atom is -0.507 e. The third-order valence-corrected chi connectivity index (χ3v) is 2.32. The van der Waals surface area contributed by atoms with Crippen molar-refractivity contribution in [1.82, 2.24) is 4.98 Å². The first kappa shape index (κ1) is 10.5. The lowest BCUT2D eigenvalue weighted by atomic mass is 10.1. The normalized spacial score (nSPS) is 10.1. The van der Waals surface area contributed by atoms with E-state index in [2.05, 4.69) is 4.98 Å². The predicted molar refractivity (Wildman–Crippen MR) is 61.9 cm³/mol. The molecule has 0 aliphatic heterocycles. The highest BCUT2D eigenvalue weighted by Crippen LogP contribution is 2.29. The lowest BCUT2D eigenvalue weighted by molar-refractivity contribution is 0.448. The van der Waals surface area contributed by atoms with E-state index in [0.717, 1.165) is 11.1 Å². The van der Waals surface area contributed by atoms with E-state index in [1.807, 2.05) is 26.0 Å². The average molecular weight is 215 g/mol. The zero-order chi connectivity index (χ0) is 11.5. The number of phenols is 1. The second-order valence-corrected chi connectivity index (χ2v) is 3.68. The molecule has 1 aromatic carbocycles. The molecule has 2 aromatic rings. The Bertz CT molecular complexity index is 472. The molecule has 1 N–H and O–H groups in total. The van der Waals surface area contributed by atoms with E-state index >= 15 is 0 Å². The van der Waals surface area contributed by atoms with Crippen LogP contribution in [0.25, 0.3) is 0 Å². The van der Waals surface area contributed by atoms with E-state index in [0.29, 0.717) is 17.4 Å². The van der Waals surface area contributed by atoms with Crippen LogP contribution >= 0.6 is 0 Å². The van der Waals surface area contributed by atoms with Crippen molar-refractivity contribution in [3.63, 3.8) is 0 Å². The van der Waals surface area contributed by atoms with Crippen molar-refractivity contribution >= 4 is 0 Å². The first-order valence-electron chi connectivity index (χ1n) is 5.06. The van der Waals surface area contributed by atoms with Gasteiger partial charge in [0, 0.05) is 12.3 Å². The zero-order valence-corrected chi connectivity index (χ0v) is 9.27. The van der Waals surface area contributed by atoms with Crippen molar-refractivity contribution in [2.45, 2.75) is 13.8 Å². The largest absolute Gasteiger partial charge is 0.507 e. The number of hydrogen-bond donors (Lipinski definition) is 1. The van der Waals surface area contributed by atoms with Crippen LogP contribution in [0.1, 0.15) is 11.1 Å². The summed E-state index contributed by atoms with van der Waals surface area (Å²) in [4.78, 5) is 4.07. The van der Waals surface area contributed by atoms with Crippen LogP contribution < -0.4 is 4.74 Å². The fourth-order valence-corrected chi connectivity index (χ4v) is 1.50. The summed E-state index contributed by atoms with van der Waals surface area (Å²) in [5, 5.41) is 9.63. The molecule has 0 atom stereocenters. The molecule has 0 bridgehead atoms. The molecule has 0 fully saturated rings. The van der Waals surface area contributed by atoms with E-state index < -0.39 is 0 Å². The number of benzene rings is 1. The van der Waals surface area contributed by atoms with Crippen LogP contribution in [0, 0.1) is 13.8 Å². The molecule has 0 radical (unpaired) electrons. The topological polar surface area (TPSA) is 42.4 Å². The van der Waals surface area contributed by atoms with E-state index in [1.54, 1.807) is 24.4 Å². The summed E-state index contributed by atoms with van der Waals surface area (Å²) in [7, 11) is 0. The molecule has 1 aromatic heterocycles. The Kier molecular flexibility index (Phi) is 2.77. The van der Waals surface area contributed by atoms with Gasteiger partial charge in [-0.3, -0.25) is 0 Å². The van der Waals surface area contributed by atoms with Crippen LogP contribution in [-0.4, -0.2) is 10.1 Å². The second-order valence-electron chi connectivity index (χ2n) is 3.68. The minimum absolute atomic E-state index is 0.313. The zero-order valence-electron chi connectivity index (χ0n) is 9.27. The lowest BCUT2D eigenvalue weighted by Gasteiger charge is -2.08. The summed E-state index contributed by atoms with van der Waals surface area (Å²) in [6, 6.07) is 9.06. The van der Waals surface area contributed by atoms with Gasteiger partial charge >= 0.3 is 0 Å². The van der Waals surface area contributed by atoms with Gasteiger partial charge in [0.25, 0.3) is 0 Å². The Labute approximate surface area is 94.3 Å². The predicted octanol–water partition coefficient (Wildman–Crippen LogP) is 3.20. The molecule has 0 saturated carbocycles. The minimum atomic E-state index is 0.313. The van der Waals surface area contributed by atoms with E-state index in [4.69, 9.17) is 4.74 Å². The molecule has 0 saturated heterocycles. The van der Waals surface area contributed by atoms with Crippen LogP contribution in [0.2, 0.25) is 0 Å². The number of aromatic nitrogens is 1. The van der Waals surface area contributed by atoms with Crippen LogP contribution in [-0.2, 0) is 0 Å². The van der Waals surface area contributed by atoms with Gasteiger partial charge in [0.15, 0.2) is 0 Å². The average Bonchev–Trinajstić information content (AvgIpc) is 2.27. The Morgan fingerprint density at radius 1 is 1.12 bits per heavy atom. The number of aromatic hydroxyl groups is 1. The van der Waals surface area contributed by atoms with Gasteiger partial charge in [0.1, 0.15) is 11.5 Å². The number of nitrogens with zero attached hydrogens (tertiary/aromatic N) is 1. The molecule has 3 heteroatoms. The third kappa shape index (κ3) is 2.14. The van der Waals surface area contributed by atoms with Gasteiger partial charge < -0.3 is 9.84 Å². The Balaban J connectivity index is 2.29. The van der Waals surface area contributed by atoms with Crippen LogP contribution in [0.3, 0.4) is 0 Å². The number of aryl methyl sites for hydroxylation is 2. The third-order valence-electron chi connectivity index (χ3n) is 2.32. The molecule has 16 heavy (non-hydrogen) atoms. The molecule has 0 aliphatic rings. The highest BCUT2D eigenvalue weighted by Gasteiger charge is 2.05. The van der Waals surface area contributed by atoms with Crippen molar-refractivity contribution in [2.24, 2.45) is 0 Å². The van der Waals surface area contributed by atoms with Gasteiger partial charge in [-0.1, -0.05) is 6.07 Å².